The summed E-state index contributed by atoms with van der Waals surface area (Å²) in [5.41, 5.74) is 7.25. The van der Waals surface area contributed by atoms with E-state index in [4.69, 9.17) is 4.74 Å². The largest absolute Gasteiger partial charge is 0.457 e. The Balaban J connectivity index is 0.867. The van der Waals surface area contributed by atoms with Gasteiger partial charge in [-0.1, -0.05) is 60.7 Å². The van der Waals surface area contributed by atoms with E-state index in [1.54, 1.807) is 54.6 Å². The minimum Gasteiger partial charge on any atom is -0.457 e. The molecule has 1 aliphatic heterocycles. The van der Waals surface area contributed by atoms with Gasteiger partial charge in [0.25, 0.3) is 0 Å². The van der Waals surface area contributed by atoms with Gasteiger partial charge in [-0.3, -0.25) is 24.0 Å². The Hall–Kier alpha value is -6.20. The third kappa shape index (κ3) is 7.90. The molecule has 258 valence electrons. The first-order chi connectivity index (χ1) is 25.3. The van der Waals surface area contributed by atoms with Crippen LogP contribution in [0.25, 0.3) is 11.1 Å². The van der Waals surface area contributed by atoms with Crippen LogP contribution in [-0.4, -0.2) is 41.3 Å². The van der Waals surface area contributed by atoms with Crippen LogP contribution < -0.4 is 10.2 Å². The Kier molecular flexibility index (Phi) is 10.1. The molecule has 2 aliphatic rings. The van der Waals surface area contributed by atoms with Gasteiger partial charge in [-0.2, -0.15) is 10.2 Å². The average Bonchev–Trinajstić information content (AvgIpc) is 3.67. The van der Waals surface area contributed by atoms with Crippen molar-refractivity contribution in [1.29, 1.82) is 0 Å². The number of rotatable bonds is 12. The molecule has 0 aromatic heterocycles. The van der Waals surface area contributed by atoms with Crippen molar-refractivity contribution < 1.29 is 28.7 Å². The first-order valence-electron chi connectivity index (χ1n) is 16.7. The van der Waals surface area contributed by atoms with Crippen molar-refractivity contribution >= 4 is 64.0 Å². The number of hydrogen-bond acceptors (Lipinski definition) is 9. The fraction of sp³-hybridized carbons (Fsp3) is 0.146. The molecule has 0 saturated carbocycles. The molecule has 1 saturated heterocycles. The van der Waals surface area contributed by atoms with Crippen LogP contribution >= 0.6 is 11.8 Å². The maximum absolute atomic E-state index is 13.3. The zero-order chi connectivity index (χ0) is 36.0. The summed E-state index contributed by atoms with van der Waals surface area (Å²) in [6, 6.07) is 36.6. The zero-order valence-corrected chi connectivity index (χ0v) is 28.7. The average molecular weight is 709 g/mol. The molecule has 1 N–H and O–H groups in total. The highest BCUT2D eigenvalue weighted by Gasteiger charge is 2.40. The van der Waals surface area contributed by atoms with Gasteiger partial charge in [0.1, 0.15) is 0 Å². The summed E-state index contributed by atoms with van der Waals surface area (Å²) in [4.78, 5) is 65.8. The molecule has 0 bridgehead atoms. The smallest absolute Gasteiger partial charge is 0.306 e. The van der Waals surface area contributed by atoms with E-state index in [2.05, 4.69) is 27.7 Å². The second-order valence-corrected chi connectivity index (χ2v) is 13.6. The van der Waals surface area contributed by atoms with Crippen molar-refractivity contribution in [2.45, 2.75) is 35.8 Å². The van der Waals surface area contributed by atoms with Crippen LogP contribution in [0.2, 0.25) is 0 Å². The predicted octanol–water partition coefficient (Wildman–Crippen LogP) is 8.24. The summed E-state index contributed by atoms with van der Waals surface area (Å²) >= 11 is 1.24. The van der Waals surface area contributed by atoms with E-state index in [-0.39, 0.29) is 36.9 Å². The molecule has 0 radical (unpaired) electrons. The Morgan fingerprint density at radius 1 is 0.750 bits per heavy atom. The van der Waals surface area contributed by atoms with E-state index in [0.717, 1.165) is 17.5 Å². The van der Waals surface area contributed by atoms with E-state index in [1.807, 2.05) is 54.6 Å². The number of ether oxygens (including phenoxy) is 1. The Bertz CT molecular complexity index is 2220. The molecule has 1 fully saturated rings. The molecule has 1 aliphatic carbocycles. The maximum atomic E-state index is 13.3. The van der Waals surface area contributed by atoms with E-state index < -0.39 is 23.7 Å². The fourth-order valence-electron chi connectivity index (χ4n) is 6.12. The lowest BCUT2D eigenvalue weighted by molar-refractivity contribution is -0.143. The first kappa shape index (κ1) is 34.3. The molecular formula is C41H32N4O6S. The third-order valence-electron chi connectivity index (χ3n) is 8.68. The van der Waals surface area contributed by atoms with Crippen LogP contribution in [0.1, 0.15) is 40.7 Å². The number of hydrogen-bond donors (Lipinski definition) is 1. The van der Waals surface area contributed by atoms with Crippen LogP contribution in [0, 0.1) is 0 Å². The number of azo groups is 1. The quantitative estimate of drug-likeness (QED) is 0.0586. The third-order valence-corrected chi connectivity index (χ3v) is 9.86. The molecule has 1 atom stereocenters. The molecule has 1 heterocycles. The minimum atomic E-state index is -0.651. The summed E-state index contributed by atoms with van der Waals surface area (Å²) in [6.07, 6.45) is 0.443. The van der Waals surface area contributed by atoms with Crippen molar-refractivity contribution in [3.05, 3.63) is 138 Å². The van der Waals surface area contributed by atoms with Gasteiger partial charge in [-0.05, 0) is 89.3 Å². The number of benzene rings is 5. The topological polar surface area (TPSA) is 135 Å². The van der Waals surface area contributed by atoms with Gasteiger partial charge in [0.15, 0.2) is 12.4 Å². The van der Waals surface area contributed by atoms with Gasteiger partial charge >= 0.3 is 5.97 Å². The molecule has 7 rings (SSSR count). The monoisotopic (exact) mass is 708 g/mol. The number of thioether (sulfide) groups is 1. The van der Waals surface area contributed by atoms with E-state index in [0.29, 0.717) is 33.2 Å². The molecule has 0 spiro atoms. The number of fused-ring (bicyclic) bond motifs is 3. The van der Waals surface area contributed by atoms with Crippen molar-refractivity contribution in [2.24, 2.45) is 10.2 Å². The number of carbonyl (C=O) groups is 5. The van der Waals surface area contributed by atoms with Crippen LogP contribution in [0.3, 0.4) is 0 Å². The second-order valence-electron chi connectivity index (χ2n) is 12.3. The maximum Gasteiger partial charge on any atom is 0.306 e. The van der Waals surface area contributed by atoms with Gasteiger partial charge < -0.3 is 10.1 Å². The van der Waals surface area contributed by atoms with E-state index in [1.165, 1.54) is 27.8 Å². The number of anilines is 2. The Morgan fingerprint density at radius 2 is 1.48 bits per heavy atom. The molecule has 10 nitrogen and oxygen atoms in total. The van der Waals surface area contributed by atoms with Gasteiger partial charge in [0, 0.05) is 29.0 Å². The Labute approximate surface area is 303 Å². The highest BCUT2D eigenvalue weighted by molar-refractivity contribution is 8.00. The zero-order valence-electron chi connectivity index (χ0n) is 27.9. The predicted molar refractivity (Wildman–Crippen MR) is 198 cm³/mol. The van der Waals surface area contributed by atoms with E-state index in [9.17, 15) is 24.0 Å². The molecule has 3 amide bonds. The Morgan fingerprint density at radius 3 is 2.29 bits per heavy atom. The molecule has 0 unspecified atom stereocenters. The summed E-state index contributed by atoms with van der Waals surface area (Å²) < 4.78 is 5.18. The number of ketones is 1. The lowest BCUT2D eigenvalue weighted by Crippen LogP contribution is -2.31. The normalized spacial score (nSPS) is 14.7. The molecule has 11 heteroatoms. The van der Waals surface area contributed by atoms with Crippen LogP contribution in [0.5, 0.6) is 0 Å². The number of imide groups is 1. The van der Waals surface area contributed by atoms with E-state index >= 15 is 0 Å². The van der Waals surface area contributed by atoms with Crippen molar-refractivity contribution in [3.63, 3.8) is 0 Å². The number of carbonyl (C=O) groups excluding carboxylic acids is 5. The molecule has 5 aromatic carbocycles. The van der Waals surface area contributed by atoms with Gasteiger partial charge in [0.05, 0.1) is 28.7 Å². The highest BCUT2D eigenvalue weighted by atomic mass is 32.2. The number of nitrogens with zero attached hydrogens (tertiary/aromatic N) is 3. The van der Waals surface area contributed by atoms with Gasteiger partial charge in [0.2, 0.25) is 17.7 Å². The van der Waals surface area contributed by atoms with Crippen molar-refractivity contribution in [1.82, 2.24) is 0 Å². The van der Waals surface area contributed by atoms with Crippen LogP contribution in [0.15, 0.2) is 136 Å². The second kappa shape index (κ2) is 15.4. The number of esters is 1. The van der Waals surface area contributed by atoms with Crippen LogP contribution in [0.4, 0.5) is 22.7 Å². The summed E-state index contributed by atoms with van der Waals surface area (Å²) in [7, 11) is 0. The fourth-order valence-corrected chi connectivity index (χ4v) is 7.23. The number of nitrogens with one attached hydrogen (secondary N) is 1. The number of Topliss-reactive ketones (excluding diaryl/α,β-unsaturated/α-hetero) is 1. The lowest BCUT2D eigenvalue weighted by atomic mass is 10.0. The summed E-state index contributed by atoms with van der Waals surface area (Å²) in [5.74, 6) is -2.01. The summed E-state index contributed by atoms with van der Waals surface area (Å²) in [6.45, 7) is -0.405. The first-order valence-corrected chi connectivity index (χ1v) is 17.6. The number of amides is 3. The van der Waals surface area contributed by atoms with Gasteiger partial charge in [-0.25, -0.2) is 4.90 Å². The minimum absolute atomic E-state index is 0.0287. The SMILES string of the molecule is O=C(CCC(=O)OCC(=O)c1ccc2c(c1)Cc1ccccc1-2)Nc1cccc(S[C@H]2CC(=O)N(c3ccc(N=Nc4ccccc4)cc3)C2=O)c1. The van der Waals surface area contributed by atoms with Crippen molar-refractivity contribution in [3.8, 4) is 11.1 Å². The summed E-state index contributed by atoms with van der Waals surface area (Å²) in [5, 5.41) is 10.5. The molecule has 52 heavy (non-hydrogen) atoms. The lowest BCUT2D eigenvalue weighted by Gasteiger charge is -2.15. The highest BCUT2D eigenvalue weighted by Crippen LogP contribution is 2.37. The molecule has 5 aromatic rings. The molecular weight excluding hydrogens is 677 g/mol. The van der Waals surface area contributed by atoms with Crippen LogP contribution in [-0.2, 0) is 30.3 Å². The van der Waals surface area contributed by atoms with Gasteiger partial charge in [-0.15, -0.1) is 11.8 Å². The standard InChI is InChI=1S/C41H32N4O6S/c46-36(27-13-18-35-28(22-27)21-26-7-4-5-12-34(26)35)25-51-40(49)20-19-38(47)42-31-10-6-11-33(23-31)52-37-24-39(48)45(41(37)50)32-16-14-30(15-17-32)44-43-29-8-2-1-3-9-29/h1-18,22-23,37H,19-21,24-25H2,(H,42,47)/t37-/m0/s1. The van der Waals surface area contributed by atoms with Crippen molar-refractivity contribution in [2.75, 3.05) is 16.8 Å².